The molecular formula is C15H23N3O2. The molecule has 0 aromatic heterocycles. The van der Waals surface area contributed by atoms with E-state index in [4.69, 9.17) is 5.11 Å². The lowest BCUT2D eigenvalue weighted by molar-refractivity contribution is -0.138. The van der Waals surface area contributed by atoms with Crippen LogP contribution in [0.15, 0.2) is 24.3 Å². The van der Waals surface area contributed by atoms with Crippen LogP contribution in [-0.2, 0) is 4.79 Å². The molecule has 0 spiro atoms. The fourth-order valence-corrected chi connectivity index (χ4v) is 2.62. The number of rotatable bonds is 7. The van der Waals surface area contributed by atoms with E-state index in [0.29, 0.717) is 13.1 Å². The summed E-state index contributed by atoms with van der Waals surface area (Å²) in [5.41, 5.74) is 1.82. The number of nitrogens with one attached hydrogen (secondary N) is 2. The van der Waals surface area contributed by atoms with Crippen molar-refractivity contribution in [1.82, 2.24) is 5.32 Å². The fourth-order valence-electron chi connectivity index (χ4n) is 2.62. The van der Waals surface area contributed by atoms with Gasteiger partial charge in [-0.05, 0) is 38.1 Å². The second kappa shape index (κ2) is 6.13. The molecule has 1 heterocycles. The van der Waals surface area contributed by atoms with E-state index < -0.39 is 5.97 Å². The van der Waals surface area contributed by atoms with Gasteiger partial charge < -0.3 is 20.6 Å². The Morgan fingerprint density at radius 1 is 1.30 bits per heavy atom. The lowest BCUT2D eigenvalue weighted by atomic mass is 9.88. The van der Waals surface area contributed by atoms with Crippen molar-refractivity contribution in [3.8, 4) is 0 Å². The highest BCUT2D eigenvalue weighted by molar-refractivity contribution is 5.70. The van der Waals surface area contributed by atoms with E-state index in [2.05, 4.69) is 41.5 Å². The highest BCUT2D eigenvalue weighted by Crippen LogP contribution is 2.25. The maximum absolute atomic E-state index is 10.9. The Hall–Kier alpha value is -1.75. The Morgan fingerprint density at radius 2 is 1.90 bits per heavy atom. The minimum absolute atomic E-state index is 0.137. The second-order valence-corrected chi connectivity index (χ2v) is 5.30. The summed E-state index contributed by atoms with van der Waals surface area (Å²) >= 11 is 0. The Balaban J connectivity index is 2.04. The van der Waals surface area contributed by atoms with Gasteiger partial charge in [0.05, 0.1) is 12.0 Å². The first-order valence-electron chi connectivity index (χ1n) is 7.14. The lowest BCUT2D eigenvalue weighted by Crippen LogP contribution is -2.65. The molecule has 110 valence electrons. The van der Waals surface area contributed by atoms with Crippen LogP contribution in [0.1, 0.15) is 20.3 Å². The van der Waals surface area contributed by atoms with Gasteiger partial charge in [-0.3, -0.25) is 4.79 Å². The van der Waals surface area contributed by atoms with Crippen molar-refractivity contribution < 1.29 is 9.90 Å². The zero-order chi connectivity index (χ0) is 14.6. The number of anilines is 2. The fraction of sp³-hybridized carbons (Fsp3) is 0.533. The third kappa shape index (κ3) is 3.22. The normalized spacial score (nSPS) is 16.3. The zero-order valence-electron chi connectivity index (χ0n) is 12.1. The van der Waals surface area contributed by atoms with Crippen LogP contribution in [0.2, 0.25) is 0 Å². The van der Waals surface area contributed by atoms with Crippen LogP contribution in [0.5, 0.6) is 0 Å². The molecule has 1 aliphatic heterocycles. The molecule has 5 nitrogen and oxygen atoms in total. The topological polar surface area (TPSA) is 64.6 Å². The van der Waals surface area contributed by atoms with Gasteiger partial charge in [-0.1, -0.05) is 0 Å². The van der Waals surface area contributed by atoms with E-state index in [9.17, 15) is 4.79 Å². The summed E-state index contributed by atoms with van der Waals surface area (Å²) in [4.78, 5) is 13.2. The van der Waals surface area contributed by atoms with E-state index >= 15 is 0 Å². The smallest absolute Gasteiger partial charge is 0.305 e. The van der Waals surface area contributed by atoms with E-state index in [1.807, 2.05) is 12.1 Å². The summed E-state index contributed by atoms with van der Waals surface area (Å²) in [7, 11) is 0. The van der Waals surface area contributed by atoms with Gasteiger partial charge in [0.2, 0.25) is 0 Å². The minimum atomic E-state index is -0.765. The molecule has 0 aliphatic carbocycles. The van der Waals surface area contributed by atoms with Crippen LogP contribution in [0.3, 0.4) is 0 Å². The summed E-state index contributed by atoms with van der Waals surface area (Å²) < 4.78 is 0. The van der Waals surface area contributed by atoms with Gasteiger partial charge in [0.25, 0.3) is 0 Å². The van der Waals surface area contributed by atoms with E-state index in [1.54, 1.807) is 0 Å². The maximum atomic E-state index is 10.9. The van der Waals surface area contributed by atoms with Gasteiger partial charge in [-0.15, -0.1) is 0 Å². The Bertz CT molecular complexity index is 451. The maximum Gasteiger partial charge on any atom is 0.305 e. The SMILES string of the molecule is CCN(CC)c1ccc(NC2(CC(=O)O)CNC2)cc1. The number of benzene rings is 1. The highest BCUT2D eigenvalue weighted by Gasteiger charge is 2.38. The highest BCUT2D eigenvalue weighted by atomic mass is 16.4. The Labute approximate surface area is 120 Å². The molecule has 0 bridgehead atoms. The number of hydrogen-bond acceptors (Lipinski definition) is 4. The molecule has 5 heteroatoms. The zero-order valence-corrected chi connectivity index (χ0v) is 12.1. The predicted octanol–water partition coefficient (Wildman–Crippen LogP) is 1.76. The van der Waals surface area contributed by atoms with Crippen molar-refractivity contribution in [2.45, 2.75) is 25.8 Å². The first-order chi connectivity index (χ1) is 9.58. The average molecular weight is 277 g/mol. The van der Waals surface area contributed by atoms with Gasteiger partial charge >= 0.3 is 5.97 Å². The molecule has 0 radical (unpaired) electrons. The van der Waals surface area contributed by atoms with Crippen molar-refractivity contribution in [1.29, 1.82) is 0 Å². The number of hydrogen-bond donors (Lipinski definition) is 3. The molecule has 3 N–H and O–H groups in total. The molecule has 0 amide bonds. The molecule has 1 saturated heterocycles. The minimum Gasteiger partial charge on any atom is -0.481 e. The van der Waals surface area contributed by atoms with E-state index in [1.165, 1.54) is 5.69 Å². The first-order valence-corrected chi connectivity index (χ1v) is 7.14. The van der Waals surface area contributed by atoms with Crippen molar-refractivity contribution in [2.24, 2.45) is 0 Å². The van der Waals surface area contributed by atoms with Crippen molar-refractivity contribution in [3.63, 3.8) is 0 Å². The number of carbonyl (C=O) groups is 1. The largest absolute Gasteiger partial charge is 0.481 e. The summed E-state index contributed by atoms with van der Waals surface area (Å²) in [5.74, 6) is -0.765. The predicted molar refractivity (Wildman–Crippen MR) is 81.5 cm³/mol. The van der Waals surface area contributed by atoms with Gasteiger partial charge in [-0.2, -0.15) is 0 Å². The standard InChI is InChI=1S/C15H23N3O2/c1-3-18(4-2)13-7-5-12(6-8-13)17-15(9-14(19)20)10-16-11-15/h5-8,16-17H,3-4,9-11H2,1-2H3,(H,19,20). The monoisotopic (exact) mass is 277 g/mol. The second-order valence-electron chi connectivity index (χ2n) is 5.30. The number of nitrogens with zero attached hydrogens (tertiary/aromatic N) is 1. The summed E-state index contributed by atoms with van der Waals surface area (Å²) in [6.07, 6.45) is 0.137. The third-order valence-electron chi connectivity index (χ3n) is 3.82. The number of carboxylic acids is 1. The van der Waals surface area contributed by atoms with Crippen LogP contribution in [0.25, 0.3) is 0 Å². The van der Waals surface area contributed by atoms with E-state index in [0.717, 1.165) is 18.8 Å². The molecule has 0 atom stereocenters. The number of aliphatic carboxylic acids is 1. The van der Waals surface area contributed by atoms with Crippen LogP contribution in [0.4, 0.5) is 11.4 Å². The number of carboxylic acid groups (broad SMARTS) is 1. The molecule has 1 fully saturated rings. The van der Waals surface area contributed by atoms with Gasteiger partial charge in [0, 0.05) is 37.6 Å². The van der Waals surface area contributed by atoms with Crippen molar-refractivity contribution in [3.05, 3.63) is 24.3 Å². The summed E-state index contributed by atoms with van der Waals surface area (Å²) in [6.45, 7) is 7.62. The third-order valence-corrected chi connectivity index (χ3v) is 3.82. The lowest BCUT2D eigenvalue weighted by Gasteiger charge is -2.43. The average Bonchev–Trinajstić information content (AvgIpc) is 2.39. The van der Waals surface area contributed by atoms with Gasteiger partial charge in [0.15, 0.2) is 0 Å². The molecule has 0 unspecified atom stereocenters. The van der Waals surface area contributed by atoms with Crippen molar-refractivity contribution >= 4 is 17.3 Å². The summed E-state index contributed by atoms with van der Waals surface area (Å²) in [6, 6.07) is 8.21. The molecule has 1 aromatic rings. The van der Waals surface area contributed by atoms with Crippen molar-refractivity contribution in [2.75, 3.05) is 36.4 Å². The van der Waals surface area contributed by atoms with E-state index in [-0.39, 0.29) is 12.0 Å². The molecule has 20 heavy (non-hydrogen) atoms. The Morgan fingerprint density at radius 3 is 2.30 bits per heavy atom. The molecule has 1 aliphatic rings. The summed E-state index contributed by atoms with van der Waals surface area (Å²) in [5, 5.41) is 15.5. The first kappa shape index (κ1) is 14.7. The van der Waals surface area contributed by atoms with Crippen LogP contribution < -0.4 is 15.5 Å². The van der Waals surface area contributed by atoms with Gasteiger partial charge in [0.1, 0.15) is 0 Å². The Kier molecular flexibility index (Phi) is 4.49. The molecular weight excluding hydrogens is 254 g/mol. The molecule has 0 saturated carbocycles. The van der Waals surface area contributed by atoms with Gasteiger partial charge in [-0.25, -0.2) is 0 Å². The quantitative estimate of drug-likeness (QED) is 0.709. The molecule has 2 rings (SSSR count). The van der Waals surface area contributed by atoms with Crippen LogP contribution in [0, 0.1) is 0 Å². The van der Waals surface area contributed by atoms with Crippen LogP contribution in [-0.4, -0.2) is 42.8 Å². The van der Waals surface area contributed by atoms with Crippen LogP contribution >= 0.6 is 0 Å². The molecule has 1 aromatic carbocycles.